The molecular weight excluding hydrogens is 282 g/mol. The number of H-pyrrole nitrogens is 1. The van der Waals surface area contributed by atoms with E-state index >= 15 is 0 Å². The van der Waals surface area contributed by atoms with Gasteiger partial charge < -0.3 is 15.4 Å². The molecule has 1 aromatic carbocycles. The van der Waals surface area contributed by atoms with E-state index in [9.17, 15) is 14.7 Å². The van der Waals surface area contributed by atoms with E-state index in [2.05, 4.69) is 15.3 Å². The Morgan fingerprint density at radius 3 is 2.77 bits per heavy atom. The lowest BCUT2D eigenvalue weighted by atomic mass is 9.82. The molecule has 1 fully saturated rings. The van der Waals surface area contributed by atoms with E-state index < -0.39 is 17.8 Å². The summed E-state index contributed by atoms with van der Waals surface area (Å²) in [5.41, 5.74) is 2.31. The molecule has 1 heterocycles. The fraction of sp³-hybridized carbons (Fsp3) is 0.312. The van der Waals surface area contributed by atoms with E-state index in [0.29, 0.717) is 5.69 Å². The third-order valence-corrected chi connectivity index (χ3v) is 4.73. The number of amides is 1. The minimum Gasteiger partial charge on any atom is -0.481 e. The second-order valence-corrected chi connectivity index (χ2v) is 5.96. The van der Waals surface area contributed by atoms with Gasteiger partial charge in [0, 0.05) is 5.69 Å². The summed E-state index contributed by atoms with van der Waals surface area (Å²) in [4.78, 5) is 31.1. The Morgan fingerprint density at radius 1 is 1.23 bits per heavy atom. The summed E-state index contributed by atoms with van der Waals surface area (Å²) in [6.07, 6.45) is 6.27. The molecule has 0 spiro atoms. The fourth-order valence-corrected chi connectivity index (χ4v) is 3.76. The first-order chi connectivity index (χ1) is 10.6. The normalized spacial score (nSPS) is 29.1. The molecule has 22 heavy (non-hydrogen) atoms. The number of carboxylic acids is 1. The van der Waals surface area contributed by atoms with Crippen LogP contribution in [0, 0.1) is 23.7 Å². The number of benzene rings is 1. The molecule has 4 atom stereocenters. The van der Waals surface area contributed by atoms with Gasteiger partial charge in [-0.2, -0.15) is 0 Å². The summed E-state index contributed by atoms with van der Waals surface area (Å²) in [6.45, 7) is 0. The Hall–Kier alpha value is -2.63. The molecule has 1 aromatic heterocycles. The summed E-state index contributed by atoms with van der Waals surface area (Å²) in [5, 5.41) is 12.3. The fourth-order valence-electron chi connectivity index (χ4n) is 3.76. The van der Waals surface area contributed by atoms with Crippen LogP contribution in [0.4, 0.5) is 5.69 Å². The number of rotatable bonds is 3. The molecule has 2 aliphatic rings. The zero-order valence-corrected chi connectivity index (χ0v) is 11.7. The number of nitrogens with zero attached hydrogens (tertiary/aromatic N) is 1. The predicted octanol–water partition coefficient (Wildman–Crippen LogP) is 2.02. The first-order valence-electron chi connectivity index (χ1n) is 7.28. The average molecular weight is 297 g/mol. The van der Waals surface area contributed by atoms with Gasteiger partial charge in [0.25, 0.3) is 0 Å². The first kappa shape index (κ1) is 13.1. The highest BCUT2D eigenvalue weighted by Gasteiger charge is 2.51. The molecule has 0 radical (unpaired) electrons. The highest BCUT2D eigenvalue weighted by molar-refractivity contribution is 5.97. The number of hydrogen-bond acceptors (Lipinski definition) is 3. The minimum atomic E-state index is -0.888. The van der Waals surface area contributed by atoms with Crippen molar-refractivity contribution in [3.05, 3.63) is 36.7 Å². The predicted molar refractivity (Wildman–Crippen MR) is 80.1 cm³/mol. The van der Waals surface area contributed by atoms with Crippen molar-refractivity contribution in [2.45, 2.75) is 6.42 Å². The van der Waals surface area contributed by atoms with Gasteiger partial charge in [-0.15, -0.1) is 0 Å². The van der Waals surface area contributed by atoms with E-state index in [4.69, 9.17) is 0 Å². The van der Waals surface area contributed by atoms with Gasteiger partial charge in [-0.05, 0) is 36.5 Å². The van der Waals surface area contributed by atoms with Crippen LogP contribution in [-0.2, 0) is 9.59 Å². The SMILES string of the molecule is O=C(O)C1C2C=CC(C2)C1C(=O)Nc1ccc2nc[nH]c2c1. The molecule has 1 amide bonds. The first-order valence-corrected chi connectivity index (χ1v) is 7.28. The average Bonchev–Trinajstić information content (AvgIpc) is 3.20. The van der Waals surface area contributed by atoms with Crippen LogP contribution in [0.15, 0.2) is 36.7 Å². The lowest BCUT2D eigenvalue weighted by Crippen LogP contribution is -2.36. The van der Waals surface area contributed by atoms with E-state index in [0.717, 1.165) is 17.5 Å². The van der Waals surface area contributed by atoms with Crippen molar-refractivity contribution in [1.82, 2.24) is 9.97 Å². The van der Waals surface area contributed by atoms with Crippen LogP contribution in [0.2, 0.25) is 0 Å². The molecule has 0 aliphatic heterocycles. The highest BCUT2D eigenvalue weighted by Crippen LogP contribution is 2.48. The van der Waals surface area contributed by atoms with Crippen LogP contribution in [0.25, 0.3) is 11.0 Å². The minimum absolute atomic E-state index is 0.0201. The van der Waals surface area contributed by atoms with Crippen molar-refractivity contribution >= 4 is 28.6 Å². The maximum absolute atomic E-state index is 12.6. The zero-order chi connectivity index (χ0) is 15.3. The Bertz CT molecular complexity index is 795. The van der Waals surface area contributed by atoms with Gasteiger partial charge in [-0.25, -0.2) is 4.98 Å². The van der Waals surface area contributed by atoms with Gasteiger partial charge in [0.15, 0.2) is 0 Å². The molecule has 6 nitrogen and oxygen atoms in total. The van der Waals surface area contributed by atoms with Crippen molar-refractivity contribution in [1.29, 1.82) is 0 Å². The molecule has 2 aliphatic carbocycles. The number of carboxylic acid groups (broad SMARTS) is 1. The zero-order valence-electron chi connectivity index (χ0n) is 11.7. The summed E-state index contributed by atoms with van der Waals surface area (Å²) >= 11 is 0. The third-order valence-electron chi connectivity index (χ3n) is 4.73. The van der Waals surface area contributed by atoms with E-state index in [1.165, 1.54) is 0 Å². The quantitative estimate of drug-likeness (QED) is 0.755. The third kappa shape index (κ3) is 1.91. The highest BCUT2D eigenvalue weighted by atomic mass is 16.4. The number of aromatic nitrogens is 2. The van der Waals surface area contributed by atoms with E-state index in [1.807, 2.05) is 18.2 Å². The Kier molecular flexibility index (Phi) is 2.79. The van der Waals surface area contributed by atoms with Crippen molar-refractivity contribution < 1.29 is 14.7 Å². The van der Waals surface area contributed by atoms with Gasteiger partial charge in [0.05, 0.1) is 29.2 Å². The number of allylic oxidation sites excluding steroid dienone is 2. The molecular formula is C16H15N3O3. The number of hydrogen-bond donors (Lipinski definition) is 3. The molecule has 3 N–H and O–H groups in total. The monoisotopic (exact) mass is 297 g/mol. The van der Waals surface area contributed by atoms with Gasteiger partial charge in [0.2, 0.25) is 5.91 Å². The largest absolute Gasteiger partial charge is 0.481 e. The number of aliphatic carboxylic acids is 1. The molecule has 112 valence electrons. The second kappa shape index (κ2) is 4.69. The number of aromatic amines is 1. The molecule has 4 unspecified atom stereocenters. The number of carbonyl (C=O) groups is 2. The topological polar surface area (TPSA) is 95.1 Å². The van der Waals surface area contributed by atoms with E-state index in [1.54, 1.807) is 18.5 Å². The van der Waals surface area contributed by atoms with Gasteiger partial charge in [-0.1, -0.05) is 12.2 Å². The van der Waals surface area contributed by atoms with Gasteiger partial charge >= 0.3 is 5.97 Å². The molecule has 4 rings (SSSR count). The second-order valence-electron chi connectivity index (χ2n) is 5.96. The van der Waals surface area contributed by atoms with Crippen LogP contribution in [-0.4, -0.2) is 27.0 Å². The van der Waals surface area contributed by atoms with Crippen molar-refractivity contribution in [2.75, 3.05) is 5.32 Å². The van der Waals surface area contributed by atoms with Crippen LogP contribution in [0.5, 0.6) is 0 Å². The molecule has 2 aromatic rings. The van der Waals surface area contributed by atoms with Crippen molar-refractivity contribution in [3.63, 3.8) is 0 Å². The summed E-state index contributed by atoms with van der Waals surface area (Å²) in [7, 11) is 0. The standard InChI is InChI=1S/C16H15N3O3/c20-15(13-8-1-2-9(5-8)14(13)16(21)22)19-10-3-4-11-12(6-10)18-7-17-11/h1-4,6-9,13-14H,5H2,(H,17,18)(H,19,20)(H,21,22). The lowest BCUT2D eigenvalue weighted by molar-refractivity contribution is -0.146. The number of carbonyl (C=O) groups excluding carboxylic acids is 1. The van der Waals surface area contributed by atoms with Gasteiger partial charge in [-0.3, -0.25) is 9.59 Å². The maximum Gasteiger partial charge on any atom is 0.307 e. The summed E-state index contributed by atoms with van der Waals surface area (Å²) in [5.74, 6) is -2.21. The number of fused-ring (bicyclic) bond motifs is 3. The molecule has 0 saturated heterocycles. The maximum atomic E-state index is 12.6. The van der Waals surface area contributed by atoms with E-state index in [-0.39, 0.29) is 17.7 Å². The van der Waals surface area contributed by atoms with Crippen molar-refractivity contribution in [3.8, 4) is 0 Å². The van der Waals surface area contributed by atoms with Crippen LogP contribution in [0.1, 0.15) is 6.42 Å². The molecule has 1 saturated carbocycles. The van der Waals surface area contributed by atoms with Crippen LogP contribution < -0.4 is 5.32 Å². The Morgan fingerprint density at radius 2 is 2.00 bits per heavy atom. The van der Waals surface area contributed by atoms with Gasteiger partial charge in [0.1, 0.15) is 0 Å². The smallest absolute Gasteiger partial charge is 0.307 e. The van der Waals surface area contributed by atoms with Crippen LogP contribution >= 0.6 is 0 Å². The Labute approximate surface area is 126 Å². The Balaban J connectivity index is 1.58. The molecule has 6 heteroatoms. The summed E-state index contributed by atoms with van der Waals surface area (Å²) < 4.78 is 0. The summed E-state index contributed by atoms with van der Waals surface area (Å²) in [6, 6.07) is 5.40. The number of anilines is 1. The van der Waals surface area contributed by atoms with Crippen LogP contribution in [0.3, 0.4) is 0 Å². The van der Waals surface area contributed by atoms with Crippen molar-refractivity contribution in [2.24, 2.45) is 23.7 Å². The number of imidazole rings is 1. The molecule has 2 bridgehead atoms. The lowest BCUT2D eigenvalue weighted by Gasteiger charge is -2.23. The number of nitrogens with one attached hydrogen (secondary N) is 2.